The molecule has 3 heterocycles. The Labute approximate surface area is 163 Å². The van der Waals surface area contributed by atoms with E-state index in [1.54, 1.807) is 13.2 Å². The second-order valence-electron chi connectivity index (χ2n) is 7.67. The molecule has 7 nitrogen and oxygen atoms in total. The number of nitrogens with zero attached hydrogens (tertiary/aromatic N) is 4. The fraction of sp³-hybridized carbons (Fsp3) is 0.476. The Kier molecular flexibility index (Phi) is 5.17. The third-order valence-electron chi connectivity index (χ3n) is 5.83. The lowest BCUT2D eigenvalue weighted by Gasteiger charge is -2.33. The maximum absolute atomic E-state index is 12.7. The number of hydrogen-bond donors (Lipinski definition) is 1. The normalized spacial score (nSPS) is 18.0. The van der Waals surface area contributed by atoms with Crippen LogP contribution in [0.1, 0.15) is 26.2 Å². The molecule has 0 unspecified atom stereocenters. The van der Waals surface area contributed by atoms with Gasteiger partial charge in [0.05, 0.1) is 6.20 Å². The standard InChI is InChI=1S/C21H27N5O2/c1-15-7-5-6-11-25(15)12-10-22-19(27)14-26-18-9-4-3-8-16(18)17-13-23-24(2)21(28)20(17)26/h3-4,8-9,13,15H,5-7,10-12,14H2,1-2H3,(H,22,27)/t15-/m0/s1. The highest BCUT2D eigenvalue weighted by molar-refractivity contribution is 6.07. The molecule has 28 heavy (non-hydrogen) atoms. The SMILES string of the molecule is C[C@H]1CCCCN1CCNC(=O)Cn1c2ccccc2c2cnn(C)c(=O)c21. The van der Waals surface area contributed by atoms with Crippen molar-refractivity contribution in [3.05, 3.63) is 40.8 Å². The molecular formula is C21H27N5O2. The number of hydrogen-bond acceptors (Lipinski definition) is 4. The summed E-state index contributed by atoms with van der Waals surface area (Å²) in [4.78, 5) is 27.8. The number of aryl methyl sites for hydroxylation is 1. The van der Waals surface area contributed by atoms with Gasteiger partial charge in [-0.2, -0.15) is 5.10 Å². The van der Waals surface area contributed by atoms with Crippen LogP contribution in [-0.2, 0) is 18.4 Å². The molecule has 0 saturated carbocycles. The summed E-state index contributed by atoms with van der Waals surface area (Å²) in [5, 5.41) is 8.90. The summed E-state index contributed by atoms with van der Waals surface area (Å²) in [6, 6.07) is 8.34. The predicted molar refractivity (Wildman–Crippen MR) is 110 cm³/mol. The third kappa shape index (κ3) is 3.42. The van der Waals surface area contributed by atoms with Crippen LogP contribution in [0.25, 0.3) is 21.8 Å². The maximum Gasteiger partial charge on any atom is 0.291 e. The number of piperidine rings is 1. The first kappa shape index (κ1) is 18.7. The second kappa shape index (κ2) is 7.75. The first-order chi connectivity index (χ1) is 13.6. The Hall–Kier alpha value is -2.67. The Morgan fingerprint density at radius 1 is 1.25 bits per heavy atom. The van der Waals surface area contributed by atoms with Crippen molar-refractivity contribution in [3.63, 3.8) is 0 Å². The molecule has 0 aliphatic carbocycles. The first-order valence-corrected chi connectivity index (χ1v) is 10.0. The van der Waals surface area contributed by atoms with Crippen molar-refractivity contribution >= 4 is 27.7 Å². The van der Waals surface area contributed by atoms with Crippen molar-refractivity contribution in [1.29, 1.82) is 0 Å². The van der Waals surface area contributed by atoms with Crippen molar-refractivity contribution in [2.24, 2.45) is 7.05 Å². The second-order valence-corrected chi connectivity index (χ2v) is 7.67. The highest BCUT2D eigenvalue weighted by atomic mass is 16.2. The monoisotopic (exact) mass is 381 g/mol. The summed E-state index contributed by atoms with van der Waals surface area (Å²) in [6.07, 6.45) is 5.45. The van der Waals surface area contributed by atoms with E-state index in [-0.39, 0.29) is 18.0 Å². The number of aromatic nitrogens is 3. The van der Waals surface area contributed by atoms with Gasteiger partial charge in [0.25, 0.3) is 5.56 Å². The molecule has 1 aromatic carbocycles. The molecule has 3 aromatic rings. The van der Waals surface area contributed by atoms with Crippen LogP contribution in [0.3, 0.4) is 0 Å². The molecule has 1 amide bonds. The molecule has 0 radical (unpaired) electrons. The fourth-order valence-electron chi connectivity index (χ4n) is 4.23. The number of para-hydroxylation sites is 1. The smallest absolute Gasteiger partial charge is 0.291 e. The lowest BCUT2D eigenvalue weighted by Crippen LogP contribution is -2.43. The van der Waals surface area contributed by atoms with Crippen LogP contribution in [0.5, 0.6) is 0 Å². The average Bonchev–Trinajstić information content (AvgIpc) is 3.01. The number of benzene rings is 1. The zero-order valence-electron chi connectivity index (χ0n) is 16.5. The molecule has 4 rings (SSSR count). The molecule has 1 aliphatic rings. The zero-order chi connectivity index (χ0) is 19.7. The van der Waals surface area contributed by atoms with E-state index in [0.717, 1.165) is 29.4 Å². The Bertz CT molecular complexity index is 1070. The number of carbonyl (C=O) groups excluding carboxylic acids is 1. The van der Waals surface area contributed by atoms with Gasteiger partial charge in [-0.3, -0.25) is 14.5 Å². The number of carbonyl (C=O) groups is 1. The summed E-state index contributed by atoms with van der Waals surface area (Å²) < 4.78 is 3.13. The Morgan fingerprint density at radius 3 is 2.89 bits per heavy atom. The largest absolute Gasteiger partial charge is 0.353 e. The molecule has 1 saturated heterocycles. The van der Waals surface area contributed by atoms with Crippen molar-refractivity contribution in [2.45, 2.75) is 38.8 Å². The van der Waals surface area contributed by atoms with Gasteiger partial charge in [-0.15, -0.1) is 0 Å². The summed E-state index contributed by atoms with van der Waals surface area (Å²) in [7, 11) is 1.63. The number of likely N-dealkylation sites (tertiary alicyclic amines) is 1. The highest BCUT2D eigenvalue weighted by Gasteiger charge is 2.19. The first-order valence-electron chi connectivity index (χ1n) is 10.0. The van der Waals surface area contributed by atoms with Gasteiger partial charge < -0.3 is 9.88 Å². The quantitative estimate of drug-likeness (QED) is 0.732. The summed E-state index contributed by atoms with van der Waals surface area (Å²) in [5.74, 6) is -0.0776. The van der Waals surface area contributed by atoms with E-state index in [1.165, 1.54) is 23.9 Å². The minimum atomic E-state index is -0.191. The molecule has 1 fully saturated rings. The van der Waals surface area contributed by atoms with Gasteiger partial charge in [-0.05, 0) is 32.4 Å². The van der Waals surface area contributed by atoms with E-state index in [9.17, 15) is 9.59 Å². The summed E-state index contributed by atoms with van der Waals surface area (Å²) in [5.41, 5.74) is 1.21. The molecule has 1 N–H and O–H groups in total. The number of rotatable bonds is 5. The highest BCUT2D eigenvalue weighted by Crippen LogP contribution is 2.26. The Balaban J connectivity index is 1.54. The van der Waals surface area contributed by atoms with Gasteiger partial charge in [0.2, 0.25) is 5.91 Å². The minimum Gasteiger partial charge on any atom is -0.353 e. The Morgan fingerprint density at radius 2 is 2.07 bits per heavy atom. The predicted octanol–water partition coefficient (Wildman–Crippen LogP) is 1.88. The van der Waals surface area contributed by atoms with Crippen LogP contribution in [0.15, 0.2) is 35.3 Å². The molecule has 0 bridgehead atoms. The van der Waals surface area contributed by atoms with Gasteiger partial charge >= 0.3 is 0 Å². The molecule has 2 aromatic heterocycles. The van der Waals surface area contributed by atoms with Crippen LogP contribution < -0.4 is 10.9 Å². The molecule has 1 aliphatic heterocycles. The van der Waals surface area contributed by atoms with Crippen LogP contribution in [0.2, 0.25) is 0 Å². The van der Waals surface area contributed by atoms with Crippen molar-refractivity contribution in [3.8, 4) is 0 Å². The number of nitrogens with one attached hydrogen (secondary N) is 1. The van der Waals surface area contributed by atoms with Crippen LogP contribution in [-0.4, -0.2) is 50.8 Å². The maximum atomic E-state index is 12.7. The van der Waals surface area contributed by atoms with E-state index in [1.807, 2.05) is 28.8 Å². The van der Waals surface area contributed by atoms with E-state index in [2.05, 4.69) is 22.2 Å². The van der Waals surface area contributed by atoms with Gasteiger partial charge in [-0.1, -0.05) is 24.6 Å². The molecule has 0 spiro atoms. The van der Waals surface area contributed by atoms with Gasteiger partial charge in [0.15, 0.2) is 0 Å². The zero-order valence-corrected chi connectivity index (χ0v) is 16.5. The lowest BCUT2D eigenvalue weighted by molar-refractivity contribution is -0.121. The summed E-state index contributed by atoms with van der Waals surface area (Å²) >= 11 is 0. The van der Waals surface area contributed by atoms with E-state index < -0.39 is 0 Å². The topological polar surface area (TPSA) is 72.2 Å². The molecule has 7 heteroatoms. The van der Waals surface area contributed by atoms with E-state index >= 15 is 0 Å². The molecule has 1 atom stereocenters. The summed E-state index contributed by atoms with van der Waals surface area (Å²) in [6.45, 7) is 4.97. The lowest BCUT2D eigenvalue weighted by atomic mass is 10.0. The number of fused-ring (bicyclic) bond motifs is 3. The van der Waals surface area contributed by atoms with Gasteiger partial charge in [-0.25, -0.2) is 4.68 Å². The van der Waals surface area contributed by atoms with Crippen molar-refractivity contribution < 1.29 is 4.79 Å². The van der Waals surface area contributed by atoms with Gasteiger partial charge in [0.1, 0.15) is 12.1 Å². The van der Waals surface area contributed by atoms with Gasteiger partial charge in [0, 0.05) is 42.5 Å². The van der Waals surface area contributed by atoms with Crippen LogP contribution >= 0.6 is 0 Å². The van der Waals surface area contributed by atoms with E-state index in [0.29, 0.717) is 18.1 Å². The van der Waals surface area contributed by atoms with Crippen LogP contribution in [0, 0.1) is 0 Å². The molecular weight excluding hydrogens is 354 g/mol. The average molecular weight is 381 g/mol. The molecule has 148 valence electrons. The third-order valence-corrected chi connectivity index (χ3v) is 5.83. The van der Waals surface area contributed by atoms with Crippen LogP contribution in [0.4, 0.5) is 0 Å². The number of amides is 1. The minimum absolute atomic E-state index is 0.0776. The van der Waals surface area contributed by atoms with Crippen molar-refractivity contribution in [2.75, 3.05) is 19.6 Å². The van der Waals surface area contributed by atoms with Crippen molar-refractivity contribution in [1.82, 2.24) is 24.6 Å². The fourth-order valence-corrected chi connectivity index (χ4v) is 4.23. The van der Waals surface area contributed by atoms with E-state index in [4.69, 9.17) is 0 Å².